The molecule has 1 nitrogen and oxygen atoms in total. The molecule has 0 amide bonds. The molecule has 1 saturated carbocycles. The minimum Gasteiger partial charge on any atom is -0.315 e. The monoisotopic (exact) mass is 161 g/mol. The molecule has 11 heavy (non-hydrogen) atoms. The van der Waals surface area contributed by atoms with Crippen LogP contribution >= 0.6 is 0 Å². The zero-order valence-corrected chi connectivity index (χ0v) is 6.65. The summed E-state index contributed by atoms with van der Waals surface area (Å²) in [5.41, 5.74) is 0. The van der Waals surface area contributed by atoms with Crippen LogP contribution < -0.4 is 5.32 Å². The highest BCUT2D eigenvalue weighted by atomic mass is 19.2. The predicted molar refractivity (Wildman–Crippen MR) is 42.8 cm³/mol. The normalized spacial score (nSPS) is 20.2. The Morgan fingerprint density at radius 2 is 1.82 bits per heavy atom. The van der Waals surface area contributed by atoms with Crippen LogP contribution in [0.15, 0.2) is 0 Å². The maximum atomic E-state index is 11.7. The summed E-state index contributed by atoms with van der Waals surface area (Å²) in [6.07, 6.45) is 5.68. The molecule has 0 atom stereocenters. The second kappa shape index (κ2) is 4.70. The van der Waals surface area contributed by atoms with E-state index in [2.05, 4.69) is 5.32 Å². The lowest BCUT2D eigenvalue weighted by Gasteiger charge is -2.22. The van der Waals surface area contributed by atoms with E-state index in [1.165, 1.54) is 19.3 Å². The van der Waals surface area contributed by atoms with Crippen molar-refractivity contribution in [3.63, 3.8) is 0 Å². The van der Waals surface area contributed by atoms with E-state index in [9.17, 15) is 8.63 Å². The molecule has 0 saturated heterocycles. The van der Waals surface area contributed by atoms with Crippen molar-refractivity contribution < 1.29 is 8.63 Å². The average molecular weight is 161 g/mol. The largest absolute Gasteiger partial charge is 0.551 e. The second-order valence-corrected chi connectivity index (χ2v) is 3.13. The molecule has 1 aliphatic carbocycles. The first kappa shape index (κ1) is 8.98. The van der Waals surface area contributed by atoms with Gasteiger partial charge in [-0.05, 0) is 12.8 Å². The Labute approximate surface area is 66.7 Å². The molecule has 0 heterocycles. The summed E-state index contributed by atoms with van der Waals surface area (Å²) in [6.45, 7) is 0. The van der Waals surface area contributed by atoms with E-state index in [4.69, 9.17) is 0 Å². The lowest BCUT2D eigenvalue weighted by Crippen LogP contribution is -2.35. The van der Waals surface area contributed by atoms with Gasteiger partial charge in [0.05, 0.1) is 0 Å². The zero-order chi connectivity index (χ0) is 8.10. The van der Waals surface area contributed by atoms with Crippen LogP contribution in [0.25, 0.3) is 0 Å². The van der Waals surface area contributed by atoms with Crippen molar-refractivity contribution in [2.24, 2.45) is 0 Å². The van der Waals surface area contributed by atoms with E-state index < -0.39 is 7.27 Å². The predicted octanol–water partition coefficient (Wildman–Crippen LogP) is 1.88. The molecule has 64 valence electrons. The fraction of sp³-hybridized carbons (Fsp3) is 1.00. The van der Waals surface area contributed by atoms with E-state index in [1.807, 2.05) is 0 Å². The summed E-state index contributed by atoms with van der Waals surface area (Å²) in [6, 6.07) is 0.359. The Kier molecular flexibility index (Phi) is 3.84. The minimum absolute atomic E-state index is 0.134. The quantitative estimate of drug-likeness (QED) is 0.623. The molecular formula is C7H14BF2N. The molecule has 1 aliphatic rings. The van der Waals surface area contributed by atoms with Crippen molar-refractivity contribution in [1.29, 1.82) is 0 Å². The van der Waals surface area contributed by atoms with Gasteiger partial charge in [-0.3, -0.25) is 8.63 Å². The van der Waals surface area contributed by atoms with Gasteiger partial charge in [-0.1, -0.05) is 19.3 Å². The summed E-state index contributed by atoms with van der Waals surface area (Å²) >= 11 is 0. The fourth-order valence-electron chi connectivity index (χ4n) is 1.56. The van der Waals surface area contributed by atoms with Crippen LogP contribution in [-0.4, -0.2) is 19.8 Å². The summed E-state index contributed by atoms with van der Waals surface area (Å²) < 4.78 is 23.5. The average Bonchev–Trinajstić information content (AvgIpc) is 2.03. The van der Waals surface area contributed by atoms with Crippen LogP contribution in [0, 0.1) is 0 Å². The molecule has 4 heteroatoms. The highest BCUT2D eigenvalue weighted by Gasteiger charge is 2.17. The smallest absolute Gasteiger partial charge is 0.315 e. The molecule has 1 rings (SSSR count). The van der Waals surface area contributed by atoms with Gasteiger partial charge in [0, 0.05) is 12.5 Å². The van der Waals surface area contributed by atoms with E-state index in [0.717, 1.165) is 12.8 Å². The molecule has 0 bridgehead atoms. The van der Waals surface area contributed by atoms with Gasteiger partial charge in [0.2, 0.25) is 0 Å². The molecule has 0 spiro atoms. The van der Waals surface area contributed by atoms with Crippen LogP contribution in [0.5, 0.6) is 0 Å². The third kappa shape index (κ3) is 3.70. The first-order chi connectivity index (χ1) is 5.29. The fourth-order valence-corrected chi connectivity index (χ4v) is 1.56. The summed E-state index contributed by atoms with van der Waals surface area (Å²) in [4.78, 5) is 0. The van der Waals surface area contributed by atoms with Crippen molar-refractivity contribution in [1.82, 2.24) is 5.32 Å². The first-order valence-electron chi connectivity index (χ1n) is 4.30. The van der Waals surface area contributed by atoms with Gasteiger partial charge in [0.15, 0.2) is 0 Å². The molecule has 0 aromatic heterocycles. The van der Waals surface area contributed by atoms with Gasteiger partial charge in [0.1, 0.15) is 0 Å². The van der Waals surface area contributed by atoms with E-state index in [0.29, 0.717) is 6.04 Å². The van der Waals surface area contributed by atoms with Gasteiger partial charge in [-0.15, -0.1) is 0 Å². The van der Waals surface area contributed by atoms with Crippen molar-refractivity contribution >= 4 is 7.27 Å². The molecule has 0 unspecified atom stereocenters. The van der Waals surface area contributed by atoms with Crippen LogP contribution in [0.3, 0.4) is 0 Å². The Morgan fingerprint density at radius 1 is 1.18 bits per heavy atom. The molecule has 0 aromatic carbocycles. The Hall–Kier alpha value is -0.115. The maximum Gasteiger partial charge on any atom is 0.551 e. The highest BCUT2D eigenvalue weighted by molar-refractivity contribution is 6.42. The third-order valence-electron chi connectivity index (χ3n) is 2.17. The number of nitrogens with one attached hydrogen (secondary N) is 1. The van der Waals surface area contributed by atoms with Crippen LogP contribution in [0.1, 0.15) is 32.1 Å². The van der Waals surface area contributed by atoms with Gasteiger partial charge in [-0.2, -0.15) is 0 Å². The van der Waals surface area contributed by atoms with E-state index in [-0.39, 0.29) is 6.44 Å². The molecule has 0 aromatic rings. The number of hydrogen-bond acceptors (Lipinski definition) is 1. The van der Waals surface area contributed by atoms with Gasteiger partial charge < -0.3 is 5.32 Å². The molecular weight excluding hydrogens is 147 g/mol. The molecule has 0 radical (unpaired) electrons. The van der Waals surface area contributed by atoms with Crippen LogP contribution in [-0.2, 0) is 0 Å². The standard InChI is InChI=1S/C7H14BF2N/c9-8(10)6-11-7-4-2-1-3-5-7/h7,11H,1-6H2. The van der Waals surface area contributed by atoms with Crippen molar-refractivity contribution in [3.05, 3.63) is 0 Å². The van der Waals surface area contributed by atoms with E-state index in [1.54, 1.807) is 0 Å². The van der Waals surface area contributed by atoms with Crippen molar-refractivity contribution in [3.8, 4) is 0 Å². The van der Waals surface area contributed by atoms with Crippen molar-refractivity contribution in [2.75, 3.05) is 6.44 Å². The van der Waals surface area contributed by atoms with Gasteiger partial charge in [0.25, 0.3) is 0 Å². The van der Waals surface area contributed by atoms with Gasteiger partial charge in [-0.25, -0.2) is 0 Å². The number of hydrogen-bond donors (Lipinski definition) is 1. The SMILES string of the molecule is FB(F)CNC1CCCCC1. The minimum atomic E-state index is -2.20. The third-order valence-corrected chi connectivity index (χ3v) is 2.17. The van der Waals surface area contributed by atoms with Gasteiger partial charge >= 0.3 is 7.27 Å². The van der Waals surface area contributed by atoms with E-state index >= 15 is 0 Å². The Bertz CT molecular complexity index is 105. The maximum absolute atomic E-state index is 11.7. The summed E-state index contributed by atoms with van der Waals surface area (Å²) in [7, 11) is -2.20. The van der Waals surface area contributed by atoms with Crippen LogP contribution in [0.4, 0.5) is 8.63 Å². The molecule has 1 fully saturated rings. The number of halogens is 2. The lowest BCUT2D eigenvalue weighted by atomic mass is 9.93. The second-order valence-electron chi connectivity index (χ2n) is 3.13. The molecule has 1 N–H and O–H groups in total. The highest BCUT2D eigenvalue weighted by Crippen LogP contribution is 2.17. The van der Waals surface area contributed by atoms with Crippen molar-refractivity contribution in [2.45, 2.75) is 38.1 Å². The topological polar surface area (TPSA) is 12.0 Å². The Morgan fingerprint density at radius 3 is 2.36 bits per heavy atom. The number of rotatable bonds is 3. The summed E-state index contributed by atoms with van der Waals surface area (Å²) in [5, 5.41) is 2.87. The first-order valence-corrected chi connectivity index (χ1v) is 4.30. The Balaban J connectivity index is 2.05. The van der Waals surface area contributed by atoms with Crippen LogP contribution in [0.2, 0.25) is 0 Å². The molecule has 0 aliphatic heterocycles. The zero-order valence-electron chi connectivity index (χ0n) is 6.65. The summed E-state index contributed by atoms with van der Waals surface area (Å²) in [5.74, 6) is 0. The lowest BCUT2D eigenvalue weighted by molar-refractivity contribution is 0.383.